The number of hydrogen-bond donors (Lipinski definition) is 0. The van der Waals surface area contributed by atoms with Crippen LogP contribution in [0.3, 0.4) is 0 Å². The molecule has 0 saturated heterocycles. The van der Waals surface area contributed by atoms with Crippen LogP contribution in [0, 0.1) is 0 Å². The van der Waals surface area contributed by atoms with E-state index in [1.807, 2.05) is 47.2 Å². The third-order valence-electron chi connectivity index (χ3n) is 3.42. The summed E-state index contributed by atoms with van der Waals surface area (Å²) in [7, 11) is 0. The summed E-state index contributed by atoms with van der Waals surface area (Å²) >= 11 is 18.3. The Morgan fingerprint density at radius 1 is 1.00 bits per heavy atom. The van der Waals surface area contributed by atoms with E-state index in [0.29, 0.717) is 21.6 Å². The zero-order valence-electron chi connectivity index (χ0n) is 12.1. The van der Waals surface area contributed by atoms with Gasteiger partial charge < -0.3 is 4.57 Å². The maximum Gasteiger partial charge on any atom is 0.0949 e. The Bertz CT molecular complexity index is 822. The van der Waals surface area contributed by atoms with E-state index in [1.165, 1.54) is 0 Å². The van der Waals surface area contributed by atoms with Crippen molar-refractivity contribution in [2.24, 2.45) is 0 Å². The molecule has 0 aliphatic heterocycles. The molecule has 3 aromatic rings. The van der Waals surface area contributed by atoms with Crippen molar-refractivity contribution in [3.8, 4) is 0 Å². The second kappa shape index (κ2) is 7.22. The molecule has 0 unspecified atom stereocenters. The Morgan fingerprint density at radius 3 is 2.39 bits per heavy atom. The molecular formula is C18H13Cl3N2. The van der Waals surface area contributed by atoms with Gasteiger partial charge >= 0.3 is 0 Å². The second-order valence-corrected chi connectivity index (χ2v) is 6.36. The van der Waals surface area contributed by atoms with Gasteiger partial charge in [-0.1, -0.05) is 53.0 Å². The molecule has 0 atom stereocenters. The minimum atomic E-state index is 0.620. The van der Waals surface area contributed by atoms with Crippen molar-refractivity contribution in [1.29, 1.82) is 0 Å². The molecule has 23 heavy (non-hydrogen) atoms. The Labute approximate surface area is 149 Å². The first-order valence-electron chi connectivity index (χ1n) is 6.99. The molecular weight excluding hydrogens is 351 g/mol. The summed E-state index contributed by atoms with van der Waals surface area (Å²) < 4.78 is 2.00. The molecule has 2 nitrogen and oxygen atoms in total. The molecule has 2 aromatic carbocycles. The fourth-order valence-corrected chi connectivity index (χ4v) is 2.86. The van der Waals surface area contributed by atoms with Crippen molar-refractivity contribution in [2.75, 3.05) is 0 Å². The number of rotatable bonds is 4. The predicted octanol–water partition coefficient (Wildman–Crippen LogP) is 6.08. The average Bonchev–Trinajstić information content (AvgIpc) is 3.03. The summed E-state index contributed by atoms with van der Waals surface area (Å²) in [4.78, 5) is 4.09. The molecule has 1 heterocycles. The van der Waals surface area contributed by atoms with Gasteiger partial charge in [-0.3, -0.25) is 0 Å². The van der Waals surface area contributed by atoms with Gasteiger partial charge in [-0.25, -0.2) is 4.98 Å². The number of allylic oxidation sites excluding steroid dienone is 1. The quantitative estimate of drug-likeness (QED) is 0.513. The Kier molecular flexibility index (Phi) is 5.06. The fraction of sp³-hybridized carbons (Fsp3) is 0.0556. The van der Waals surface area contributed by atoms with E-state index in [9.17, 15) is 0 Å². The molecule has 0 aliphatic rings. The Hall–Kier alpha value is -1.74. The largest absolute Gasteiger partial charge is 0.333 e. The highest BCUT2D eigenvalue weighted by Crippen LogP contribution is 2.27. The standard InChI is InChI=1S/C18H13Cl3N2/c19-16-4-1-13(2-5-16)15(11-23-8-7-22-12-23)9-14-3-6-17(20)10-18(14)21/h1-10,12H,11H2/b15-9+. The van der Waals surface area contributed by atoms with Crippen molar-refractivity contribution in [1.82, 2.24) is 9.55 Å². The third kappa shape index (κ3) is 4.17. The maximum absolute atomic E-state index is 6.30. The van der Waals surface area contributed by atoms with E-state index < -0.39 is 0 Å². The molecule has 5 heteroatoms. The van der Waals surface area contributed by atoms with Crippen molar-refractivity contribution < 1.29 is 0 Å². The highest BCUT2D eigenvalue weighted by molar-refractivity contribution is 6.35. The maximum atomic E-state index is 6.30. The number of hydrogen-bond acceptors (Lipinski definition) is 1. The predicted molar refractivity (Wildman–Crippen MR) is 98.0 cm³/mol. The lowest BCUT2D eigenvalue weighted by Gasteiger charge is -2.10. The van der Waals surface area contributed by atoms with E-state index in [0.717, 1.165) is 16.7 Å². The zero-order valence-corrected chi connectivity index (χ0v) is 14.4. The van der Waals surface area contributed by atoms with Crippen LogP contribution < -0.4 is 0 Å². The molecule has 0 fully saturated rings. The van der Waals surface area contributed by atoms with Crippen molar-refractivity contribution in [3.05, 3.63) is 87.4 Å². The number of nitrogens with zero attached hydrogens (tertiary/aromatic N) is 2. The van der Waals surface area contributed by atoms with Gasteiger partial charge in [-0.15, -0.1) is 0 Å². The van der Waals surface area contributed by atoms with Gasteiger partial charge in [0, 0.05) is 34.0 Å². The molecule has 3 rings (SSSR count). The van der Waals surface area contributed by atoms with Crippen LogP contribution in [0.4, 0.5) is 0 Å². The topological polar surface area (TPSA) is 17.8 Å². The van der Waals surface area contributed by atoms with E-state index in [4.69, 9.17) is 34.8 Å². The minimum Gasteiger partial charge on any atom is -0.333 e. The van der Waals surface area contributed by atoms with Gasteiger partial charge in [0.2, 0.25) is 0 Å². The van der Waals surface area contributed by atoms with E-state index in [2.05, 4.69) is 11.1 Å². The fourth-order valence-electron chi connectivity index (χ4n) is 2.27. The van der Waals surface area contributed by atoms with Crippen LogP contribution in [0.15, 0.2) is 61.2 Å². The molecule has 0 N–H and O–H groups in total. The Morgan fingerprint density at radius 2 is 1.74 bits per heavy atom. The van der Waals surface area contributed by atoms with E-state index in [-0.39, 0.29) is 0 Å². The van der Waals surface area contributed by atoms with Gasteiger partial charge in [0.25, 0.3) is 0 Å². The molecule has 0 spiro atoms. The van der Waals surface area contributed by atoms with Gasteiger partial charge in [-0.2, -0.15) is 0 Å². The third-order valence-corrected chi connectivity index (χ3v) is 4.23. The molecule has 0 saturated carbocycles. The molecule has 116 valence electrons. The van der Waals surface area contributed by atoms with Crippen LogP contribution in [0.25, 0.3) is 11.6 Å². The average molecular weight is 364 g/mol. The van der Waals surface area contributed by atoms with Crippen molar-refractivity contribution in [2.45, 2.75) is 6.54 Å². The summed E-state index contributed by atoms with van der Waals surface area (Å²) in [6.07, 6.45) is 7.52. The van der Waals surface area contributed by atoms with Crippen LogP contribution in [-0.2, 0) is 6.54 Å². The number of benzene rings is 2. The summed E-state index contributed by atoms with van der Waals surface area (Å²) in [6, 6.07) is 13.2. The highest BCUT2D eigenvalue weighted by Gasteiger charge is 2.06. The normalized spacial score (nSPS) is 11.7. The molecule has 0 amide bonds. The van der Waals surface area contributed by atoms with E-state index >= 15 is 0 Å². The van der Waals surface area contributed by atoms with Crippen LogP contribution in [0.1, 0.15) is 11.1 Å². The second-order valence-electron chi connectivity index (χ2n) is 5.08. The summed E-state index contributed by atoms with van der Waals surface area (Å²) in [5.41, 5.74) is 3.10. The monoisotopic (exact) mass is 362 g/mol. The van der Waals surface area contributed by atoms with Crippen LogP contribution in [0.5, 0.6) is 0 Å². The SMILES string of the molecule is Clc1ccc(/C(=C/c2ccc(Cl)cc2Cl)Cn2ccnc2)cc1. The lowest BCUT2D eigenvalue weighted by Crippen LogP contribution is -1.98. The Balaban J connectivity index is 2.03. The molecule has 0 bridgehead atoms. The number of aromatic nitrogens is 2. The van der Waals surface area contributed by atoms with E-state index in [1.54, 1.807) is 18.6 Å². The number of halogens is 3. The lowest BCUT2D eigenvalue weighted by atomic mass is 10.0. The molecule has 1 aromatic heterocycles. The van der Waals surface area contributed by atoms with Crippen molar-refractivity contribution in [3.63, 3.8) is 0 Å². The molecule has 0 aliphatic carbocycles. The van der Waals surface area contributed by atoms with Crippen LogP contribution in [0.2, 0.25) is 15.1 Å². The van der Waals surface area contributed by atoms with Crippen LogP contribution >= 0.6 is 34.8 Å². The van der Waals surface area contributed by atoms with Gasteiger partial charge in [0.15, 0.2) is 0 Å². The van der Waals surface area contributed by atoms with Gasteiger partial charge in [-0.05, 0) is 47.0 Å². The first-order valence-corrected chi connectivity index (χ1v) is 8.12. The lowest BCUT2D eigenvalue weighted by molar-refractivity contribution is 0.836. The first-order chi connectivity index (χ1) is 11.1. The summed E-state index contributed by atoms with van der Waals surface area (Å²) in [5, 5.41) is 1.95. The summed E-state index contributed by atoms with van der Waals surface area (Å²) in [5.74, 6) is 0. The van der Waals surface area contributed by atoms with Gasteiger partial charge in [0.05, 0.1) is 6.33 Å². The van der Waals surface area contributed by atoms with Crippen molar-refractivity contribution >= 4 is 46.5 Å². The zero-order chi connectivity index (χ0) is 16.2. The number of imidazole rings is 1. The highest BCUT2D eigenvalue weighted by atomic mass is 35.5. The molecule has 0 radical (unpaired) electrons. The minimum absolute atomic E-state index is 0.620. The first kappa shape index (κ1) is 16.1. The summed E-state index contributed by atoms with van der Waals surface area (Å²) in [6.45, 7) is 0.681. The smallest absolute Gasteiger partial charge is 0.0949 e. The van der Waals surface area contributed by atoms with Gasteiger partial charge in [0.1, 0.15) is 0 Å². The van der Waals surface area contributed by atoms with Crippen LogP contribution in [-0.4, -0.2) is 9.55 Å².